The van der Waals surface area contributed by atoms with E-state index >= 15 is 0 Å². The molecule has 0 radical (unpaired) electrons. The van der Waals surface area contributed by atoms with Gasteiger partial charge in [0.2, 0.25) is 0 Å². The van der Waals surface area contributed by atoms with Crippen LogP contribution in [0.15, 0.2) is 11.0 Å². The lowest BCUT2D eigenvalue weighted by Crippen LogP contribution is -2.23. The number of esters is 1. The lowest BCUT2D eigenvalue weighted by Gasteiger charge is -2.07. The van der Waals surface area contributed by atoms with Crippen molar-refractivity contribution in [1.82, 2.24) is 9.78 Å². The van der Waals surface area contributed by atoms with E-state index in [2.05, 4.69) is 10.4 Å². The molecule has 1 rings (SSSR count). The van der Waals surface area contributed by atoms with Crippen molar-refractivity contribution in [3.8, 4) is 0 Å². The van der Waals surface area contributed by atoms with E-state index in [0.717, 1.165) is 4.68 Å². The van der Waals surface area contributed by atoms with Gasteiger partial charge in [-0.1, -0.05) is 11.6 Å². The van der Waals surface area contributed by atoms with Gasteiger partial charge in [0.05, 0.1) is 18.5 Å². The van der Waals surface area contributed by atoms with E-state index in [1.54, 1.807) is 6.92 Å². The maximum atomic E-state index is 11.4. The Labute approximate surface area is 97.2 Å². The van der Waals surface area contributed by atoms with Gasteiger partial charge in [0, 0.05) is 7.05 Å². The van der Waals surface area contributed by atoms with Crippen molar-refractivity contribution in [2.45, 2.75) is 6.92 Å². The number of hydrogen-bond donors (Lipinski definition) is 1. The largest absolute Gasteiger partial charge is 0.465 e. The van der Waals surface area contributed by atoms with Crippen LogP contribution < -0.4 is 10.9 Å². The normalized spacial score (nSPS) is 9.94. The summed E-state index contributed by atoms with van der Waals surface area (Å²) in [4.78, 5) is 22.4. The van der Waals surface area contributed by atoms with Crippen LogP contribution in [-0.4, -0.2) is 28.9 Å². The van der Waals surface area contributed by atoms with Crippen LogP contribution in [0.2, 0.25) is 5.02 Å². The van der Waals surface area contributed by atoms with Crippen LogP contribution in [0.4, 0.5) is 5.69 Å². The van der Waals surface area contributed by atoms with Crippen LogP contribution in [0.3, 0.4) is 0 Å². The van der Waals surface area contributed by atoms with E-state index < -0.39 is 11.5 Å². The van der Waals surface area contributed by atoms with Gasteiger partial charge >= 0.3 is 5.97 Å². The second kappa shape index (κ2) is 5.50. The first-order valence-corrected chi connectivity index (χ1v) is 5.05. The van der Waals surface area contributed by atoms with E-state index in [1.807, 2.05) is 0 Å². The molecule has 0 aliphatic carbocycles. The van der Waals surface area contributed by atoms with Crippen molar-refractivity contribution in [2.24, 2.45) is 7.05 Å². The van der Waals surface area contributed by atoms with E-state index in [1.165, 1.54) is 13.2 Å². The first-order chi connectivity index (χ1) is 7.56. The third kappa shape index (κ3) is 2.96. The van der Waals surface area contributed by atoms with Gasteiger partial charge in [0.1, 0.15) is 11.6 Å². The van der Waals surface area contributed by atoms with E-state index in [4.69, 9.17) is 16.3 Å². The highest BCUT2D eigenvalue weighted by Crippen LogP contribution is 2.14. The summed E-state index contributed by atoms with van der Waals surface area (Å²) in [6, 6.07) is 0. The minimum atomic E-state index is -0.421. The Hall–Kier alpha value is -1.56. The topological polar surface area (TPSA) is 73.2 Å². The fraction of sp³-hybridized carbons (Fsp3) is 0.444. The first-order valence-electron chi connectivity index (χ1n) is 4.67. The molecular weight excluding hydrogens is 234 g/mol. The van der Waals surface area contributed by atoms with E-state index in [-0.39, 0.29) is 11.6 Å². The molecule has 0 atom stereocenters. The van der Waals surface area contributed by atoms with Crippen molar-refractivity contribution < 1.29 is 9.53 Å². The minimum absolute atomic E-state index is 0.00167. The predicted octanol–water partition coefficient (Wildman–Crippen LogP) is 0.409. The highest BCUT2D eigenvalue weighted by Gasteiger charge is 2.08. The predicted molar refractivity (Wildman–Crippen MR) is 59.6 cm³/mol. The lowest BCUT2D eigenvalue weighted by molar-refractivity contribution is -0.140. The Balaban J connectivity index is 2.72. The zero-order chi connectivity index (χ0) is 12.1. The summed E-state index contributed by atoms with van der Waals surface area (Å²) < 4.78 is 5.82. The third-order valence-electron chi connectivity index (χ3n) is 1.81. The Morgan fingerprint density at radius 1 is 1.69 bits per heavy atom. The quantitative estimate of drug-likeness (QED) is 0.778. The highest BCUT2D eigenvalue weighted by atomic mass is 35.5. The Morgan fingerprint density at radius 3 is 3.00 bits per heavy atom. The number of carbonyl (C=O) groups is 1. The SMILES string of the molecule is CCOC(=O)CNc1cnn(C)c(=O)c1Cl. The van der Waals surface area contributed by atoms with Gasteiger partial charge in [-0.15, -0.1) is 0 Å². The summed E-state index contributed by atoms with van der Waals surface area (Å²) in [5, 5.41) is 6.45. The molecule has 1 heterocycles. The van der Waals surface area contributed by atoms with E-state index in [9.17, 15) is 9.59 Å². The number of hydrogen-bond acceptors (Lipinski definition) is 5. The molecular formula is C9H12ClN3O3. The molecule has 0 spiro atoms. The zero-order valence-electron chi connectivity index (χ0n) is 8.99. The van der Waals surface area contributed by atoms with Gasteiger partial charge in [-0.2, -0.15) is 5.10 Å². The summed E-state index contributed by atoms with van der Waals surface area (Å²) in [5.74, 6) is -0.417. The van der Waals surface area contributed by atoms with Gasteiger partial charge in [0.25, 0.3) is 5.56 Å². The highest BCUT2D eigenvalue weighted by molar-refractivity contribution is 6.32. The molecule has 1 aromatic heterocycles. The Bertz CT molecular complexity index is 444. The molecule has 16 heavy (non-hydrogen) atoms. The standard InChI is InChI=1S/C9H12ClN3O3/c1-3-16-7(14)5-11-6-4-12-13(2)9(15)8(6)10/h4,11H,3,5H2,1-2H3. The summed E-state index contributed by atoms with van der Waals surface area (Å²) in [6.07, 6.45) is 1.38. The molecule has 0 saturated carbocycles. The number of halogens is 1. The van der Waals surface area contributed by atoms with Crippen LogP contribution in [-0.2, 0) is 16.6 Å². The van der Waals surface area contributed by atoms with Crippen molar-refractivity contribution in [2.75, 3.05) is 18.5 Å². The van der Waals surface area contributed by atoms with Gasteiger partial charge in [-0.3, -0.25) is 9.59 Å². The molecule has 0 fully saturated rings. The summed E-state index contributed by atoms with van der Waals surface area (Å²) in [6.45, 7) is 1.97. The third-order valence-corrected chi connectivity index (χ3v) is 2.17. The Kier molecular flexibility index (Phi) is 4.30. The molecule has 1 N–H and O–H groups in total. The second-order valence-electron chi connectivity index (χ2n) is 2.96. The van der Waals surface area contributed by atoms with E-state index in [0.29, 0.717) is 12.3 Å². The number of aromatic nitrogens is 2. The van der Waals surface area contributed by atoms with Crippen LogP contribution in [0.25, 0.3) is 0 Å². The van der Waals surface area contributed by atoms with Crippen LogP contribution in [0.5, 0.6) is 0 Å². The molecule has 0 aliphatic rings. The van der Waals surface area contributed by atoms with Crippen LogP contribution in [0.1, 0.15) is 6.92 Å². The molecule has 0 amide bonds. The lowest BCUT2D eigenvalue weighted by atomic mass is 10.4. The number of rotatable bonds is 4. The average molecular weight is 246 g/mol. The van der Waals surface area contributed by atoms with Gasteiger partial charge in [-0.05, 0) is 6.92 Å². The molecule has 0 saturated heterocycles. The molecule has 0 unspecified atom stereocenters. The van der Waals surface area contributed by atoms with Gasteiger partial charge in [0.15, 0.2) is 0 Å². The molecule has 6 nitrogen and oxygen atoms in total. The first kappa shape index (κ1) is 12.5. The molecule has 88 valence electrons. The number of anilines is 1. The van der Waals surface area contributed by atoms with Crippen LogP contribution in [0, 0.1) is 0 Å². The molecule has 0 bridgehead atoms. The van der Waals surface area contributed by atoms with Gasteiger partial charge in [-0.25, -0.2) is 4.68 Å². The van der Waals surface area contributed by atoms with Gasteiger partial charge < -0.3 is 10.1 Å². The number of carbonyl (C=O) groups excluding carboxylic acids is 1. The maximum Gasteiger partial charge on any atom is 0.325 e. The number of nitrogens with one attached hydrogen (secondary N) is 1. The second-order valence-corrected chi connectivity index (χ2v) is 3.34. The monoisotopic (exact) mass is 245 g/mol. The average Bonchev–Trinajstić information content (AvgIpc) is 2.25. The number of aryl methyl sites for hydroxylation is 1. The maximum absolute atomic E-state index is 11.4. The number of nitrogens with zero attached hydrogens (tertiary/aromatic N) is 2. The smallest absolute Gasteiger partial charge is 0.325 e. The minimum Gasteiger partial charge on any atom is -0.465 e. The van der Waals surface area contributed by atoms with Crippen molar-refractivity contribution >= 4 is 23.3 Å². The van der Waals surface area contributed by atoms with Crippen LogP contribution >= 0.6 is 11.6 Å². The summed E-state index contributed by atoms with van der Waals surface area (Å²) in [7, 11) is 1.49. The molecule has 0 aromatic carbocycles. The molecule has 7 heteroatoms. The zero-order valence-corrected chi connectivity index (χ0v) is 9.74. The Morgan fingerprint density at radius 2 is 2.38 bits per heavy atom. The molecule has 1 aromatic rings. The summed E-state index contributed by atoms with van der Waals surface area (Å²) >= 11 is 5.77. The van der Waals surface area contributed by atoms with Crippen molar-refractivity contribution in [3.05, 3.63) is 21.6 Å². The number of ether oxygens (including phenoxy) is 1. The fourth-order valence-electron chi connectivity index (χ4n) is 1.01. The molecule has 0 aliphatic heterocycles. The summed E-state index contributed by atoms with van der Waals surface area (Å²) in [5.41, 5.74) is -0.103. The van der Waals surface area contributed by atoms with Crippen molar-refractivity contribution in [1.29, 1.82) is 0 Å². The fourth-order valence-corrected chi connectivity index (χ4v) is 1.25. The van der Waals surface area contributed by atoms with Crippen molar-refractivity contribution in [3.63, 3.8) is 0 Å².